The topological polar surface area (TPSA) is 80.5 Å². The van der Waals surface area contributed by atoms with E-state index in [-0.39, 0.29) is 10.8 Å². The van der Waals surface area contributed by atoms with Crippen molar-refractivity contribution >= 4 is 31.9 Å². The van der Waals surface area contributed by atoms with E-state index in [9.17, 15) is 13.2 Å². The molecule has 0 radical (unpaired) electrons. The van der Waals surface area contributed by atoms with Gasteiger partial charge in [-0.1, -0.05) is 13.8 Å². The quantitative estimate of drug-likeness (QED) is 0.880. The predicted molar refractivity (Wildman–Crippen MR) is 84.4 cm³/mol. The Morgan fingerprint density at radius 2 is 2.10 bits per heavy atom. The van der Waals surface area contributed by atoms with Crippen LogP contribution in [-0.4, -0.2) is 32.3 Å². The van der Waals surface area contributed by atoms with Crippen molar-refractivity contribution in [2.45, 2.75) is 25.2 Å². The summed E-state index contributed by atoms with van der Waals surface area (Å²) in [5.41, 5.74) is 0.353. The van der Waals surface area contributed by atoms with E-state index in [4.69, 9.17) is 5.14 Å². The number of nitrogens with two attached hydrogens (primary N) is 1. The lowest BCUT2D eigenvalue weighted by molar-refractivity contribution is 0.0784. The minimum absolute atomic E-state index is 0.0621. The third kappa shape index (κ3) is 3.64. The summed E-state index contributed by atoms with van der Waals surface area (Å²) in [4.78, 5) is 14.2. The van der Waals surface area contributed by atoms with Crippen LogP contribution in [0.4, 0.5) is 0 Å². The van der Waals surface area contributed by atoms with Crippen molar-refractivity contribution in [1.29, 1.82) is 0 Å². The van der Waals surface area contributed by atoms with Gasteiger partial charge in [0.15, 0.2) is 0 Å². The van der Waals surface area contributed by atoms with Crippen LogP contribution >= 0.6 is 15.9 Å². The average molecular weight is 375 g/mol. The number of sulfonamides is 1. The third-order valence-electron chi connectivity index (χ3n) is 3.94. The van der Waals surface area contributed by atoms with Crippen molar-refractivity contribution < 1.29 is 13.2 Å². The van der Waals surface area contributed by atoms with Crippen LogP contribution in [-0.2, 0) is 10.0 Å². The summed E-state index contributed by atoms with van der Waals surface area (Å²) in [7, 11) is -3.85. The van der Waals surface area contributed by atoms with Gasteiger partial charge in [-0.15, -0.1) is 0 Å². The van der Waals surface area contributed by atoms with Gasteiger partial charge in [0.25, 0.3) is 5.91 Å². The highest BCUT2D eigenvalue weighted by Crippen LogP contribution is 2.27. The molecule has 1 aromatic carbocycles. The molecule has 1 heterocycles. The molecule has 1 aliphatic heterocycles. The van der Waals surface area contributed by atoms with Gasteiger partial charge >= 0.3 is 0 Å². The van der Waals surface area contributed by atoms with Gasteiger partial charge in [-0.05, 0) is 52.4 Å². The molecule has 1 amide bonds. The fraction of sp³-hybridized carbons (Fsp3) is 0.500. The van der Waals surface area contributed by atoms with Gasteiger partial charge in [-0.25, -0.2) is 13.6 Å². The Hall–Kier alpha value is -0.920. The first-order valence-corrected chi connectivity index (χ1v) is 9.15. The molecule has 1 aromatic rings. The largest absolute Gasteiger partial charge is 0.338 e. The normalized spacial score (nSPS) is 19.3. The zero-order valence-corrected chi connectivity index (χ0v) is 14.4. The summed E-state index contributed by atoms with van der Waals surface area (Å²) < 4.78 is 23.4. The van der Waals surface area contributed by atoms with Crippen molar-refractivity contribution in [3.63, 3.8) is 0 Å². The summed E-state index contributed by atoms with van der Waals surface area (Å²) in [6, 6.07) is 4.50. The number of nitrogens with zero attached hydrogens (tertiary/aromatic N) is 1. The number of hydrogen-bond donors (Lipinski definition) is 1. The fourth-order valence-electron chi connectivity index (χ4n) is 2.55. The molecule has 0 bridgehead atoms. The van der Waals surface area contributed by atoms with Crippen LogP contribution in [0, 0.1) is 11.8 Å². The van der Waals surface area contributed by atoms with Gasteiger partial charge in [0.1, 0.15) is 0 Å². The molecule has 7 heteroatoms. The molecule has 1 aliphatic rings. The molecule has 116 valence electrons. The first-order valence-electron chi connectivity index (χ1n) is 6.81. The molecule has 5 nitrogen and oxygen atoms in total. The molecule has 2 rings (SSSR count). The third-order valence-corrected chi connectivity index (χ3v) is 5.84. The van der Waals surface area contributed by atoms with Gasteiger partial charge in [0.2, 0.25) is 10.0 Å². The lowest BCUT2D eigenvalue weighted by Crippen LogP contribution is -2.29. The lowest BCUT2D eigenvalue weighted by atomic mass is 9.95. The lowest BCUT2D eigenvalue weighted by Gasteiger charge is -2.18. The average Bonchev–Trinajstić information content (AvgIpc) is 2.86. The molecule has 0 aliphatic carbocycles. The number of benzene rings is 1. The monoisotopic (exact) mass is 374 g/mol. The molecule has 1 saturated heterocycles. The van der Waals surface area contributed by atoms with E-state index in [1.807, 2.05) is 0 Å². The molecular weight excluding hydrogens is 356 g/mol. The zero-order chi connectivity index (χ0) is 15.8. The van der Waals surface area contributed by atoms with Crippen LogP contribution in [0.15, 0.2) is 27.6 Å². The minimum atomic E-state index is -3.85. The standard InChI is InChI=1S/C14H19BrN2O3S/c1-9(2)11-5-6-17(8-11)14(18)10-3-4-12(15)13(7-10)21(16,19)20/h3-4,7,9,11H,5-6,8H2,1-2H3,(H2,16,19,20). The second-order valence-electron chi connectivity index (χ2n) is 5.73. The van der Waals surface area contributed by atoms with Crippen LogP contribution in [0.5, 0.6) is 0 Å². The molecule has 21 heavy (non-hydrogen) atoms. The van der Waals surface area contributed by atoms with Crippen molar-refractivity contribution in [3.05, 3.63) is 28.2 Å². The van der Waals surface area contributed by atoms with E-state index in [2.05, 4.69) is 29.8 Å². The highest BCUT2D eigenvalue weighted by atomic mass is 79.9. The molecule has 1 atom stereocenters. The summed E-state index contributed by atoms with van der Waals surface area (Å²) in [6.07, 6.45) is 0.988. The number of carbonyl (C=O) groups excluding carboxylic acids is 1. The maximum Gasteiger partial charge on any atom is 0.253 e. The van der Waals surface area contributed by atoms with Crippen molar-refractivity contribution in [2.24, 2.45) is 17.0 Å². The number of halogens is 1. The van der Waals surface area contributed by atoms with Gasteiger partial charge in [-0.2, -0.15) is 0 Å². The zero-order valence-electron chi connectivity index (χ0n) is 12.0. The summed E-state index contributed by atoms with van der Waals surface area (Å²) in [5, 5.41) is 5.16. The Labute approximate surface area is 133 Å². The van der Waals surface area contributed by atoms with E-state index in [0.717, 1.165) is 13.0 Å². The number of hydrogen-bond acceptors (Lipinski definition) is 3. The second-order valence-corrected chi connectivity index (χ2v) is 8.12. The Kier molecular flexibility index (Phi) is 4.75. The highest BCUT2D eigenvalue weighted by Gasteiger charge is 2.29. The van der Waals surface area contributed by atoms with Crippen LogP contribution in [0.25, 0.3) is 0 Å². The number of likely N-dealkylation sites (tertiary alicyclic amines) is 1. The van der Waals surface area contributed by atoms with E-state index in [1.165, 1.54) is 6.07 Å². The number of rotatable bonds is 3. The second kappa shape index (κ2) is 6.06. The minimum Gasteiger partial charge on any atom is -0.338 e. The molecule has 0 spiro atoms. The van der Waals surface area contributed by atoms with Gasteiger partial charge in [0.05, 0.1) is 4.90 Å². The molecule has 0 saturated carbocycles. The van der Waals surface area contributed by atoms with E-state index in [1.54, 1.807) is 17.0 Å². The summed E-state index contributed by atoms with van der Waals surface area (Å²) >= 11 is 3.14. The Morgan fingerprint density at radius 1 is 1.43 bits per heavy atom. The first kappa shape index (κ1) is 16.5. The fourth-order valence-corrected chi connectivity index (χ4v) is 4.11. The Morgan fingerprint density at radius 3 is 2.62 bits per heavy atom. The van der Waals surface area contributed by atoms with Crippen LogP contribution in [0.3, 0.4) is 0 Å². The van der Waals surface area contributed by atoms with Crippen LogP contribution in [0.1, 0.15) is 30.6 Å². The summed E-state index contributed by atoms with van der Waals surface area (Å²) in [5.74, 6) is 0.894. The molecule has 2 N–H and O–H groups in total. The van der Waals surface area contributed by atoms with Gasteiger partial charge in [-0.3, -0.25) is 4.79 Å². The number of amides is 1. The SMILES string of the molecule is CC(C)C1CCN(C(=O)c2ccc(Br)c(S(N)(=O)=O)c2)C1. The van der Waals surface area contributed by atoms with Gasteiger partial charge in [0, 0.05) is 23.1 Å². The highest BCUT2D eigenvalue weighted by molar-refractivity contribution is 9.10. The first-order chi connectivity index (χ1) is 9.70. The maximum absolute atomic E-state index is 12.5. The smallest absolute Gasteiger partial charge is 0.253 e. The number of carbonyl (C=O) groups is 1. The van der Waals surface area contributed by atoms with Gasteiger partial charge < -0.3 is 4.90 Å². The van der Waals surface area contributed by atoms with E-state index < -0.39 is 10.0 Å². The van der Waals surface area contributed by atoms with Crippen molar-refractivity contribution in [3.8, 4) is 0 Å². The predicted octanol–water partition coefficient (Wildman–Crippen LogP) is 2.21. The van der Waals surface area contributed by atoms with Crippen molar-refractivity contribution in [2.75, 3.05) is 13.1 Å². The van der Waals surface area contributed by atoms with Crippen LogP contribution in [0.2, 0.25) is 0 Å². The maximum atomic E-state index is 12.5. The number of primary sulfonamides is 1. The molecule has 0 aromatic heterocycles. The molecular formula is C14H19BrN2O3S. The van der Waals surface area contributed by atoms with E-state index >= 15 is 0 Å². The van der Waals surface area contributed by atoms with E-state index in [0.29, 0.717) is 28.4 Å². The van der Waals surface area contributed by atoms with Crippen LogP contribution < -0.4 is 5.14 Å². The molecule has 1 fully saturated rings. The molecule has 1 unspecified atom stereocenters. The Bertz CT molecular complexity index is 658. The summed E-state index contributed by atoms with van der Waals surface area (Å²) in [6.45, 7) is 5.73. The Balaban J connectivity index is 2.25. The van der Waals surface area contributed by atoms with Crippen molar-refractivity contribution in [1.82, 2.24) is 4.90 Å².